The van der Waals surface area contributed by atoms with E-state index in [1.165, 1.54) is 22.3 Å². The van der Waals surface area contributed by atoms with E-state index < -0.39 is 0 Å². The van der Waals surface area contributed by atoms with Crippen molar-refractivity contribution in [2.75, 3.05) is 0 Å². The number of halogens is 1. The lowest BCUT2D eigenvalue weighted by Crippen LogP contribution is -1.92. The van der Waals surface area contributed by atoms with E-state index in [0.717, 1.165) is 22.5 Å². The molecule has 1 aromatic heterocycles. The van der Waals surface area contributed by atoms with Gasteiger partial charge in [-0.15, -0.1) is 0 Å². The van der Waals surface area contributed by atoms with Crippen molar-refractivity contribution in [3.05, 3.63) is 120 Å². The lowest BCUT2D eigenvalue weighted by molar-refractivity contribution is 1.12. The Bertz CT molecular complexity index is 1200. The van der Waals surface area contributed by atoms with E-state index in [4.69, 9.17) is 0 Å². The van der Waals surface area contributed by atoms with Crippen LogP contribution in [0.3, 0.4) is 0 Å². The summed E-state index contributed by atoms with van der Waals surface area (Å²) >= 11 is 3.49. The van der Waals surface area contributed by atoms with Crippen molar-refractivity contribution in [2.24, 2.45) is 0 Å². The van der Waals surface area contributed by atoms with Crippen LogP contribution in [0.4, 0.5) is 0 Å². The molecule has 0 spiro atoms. The number of benzene rings is 4. The third-order valence-electron chi connectivity index (χ3n) is 5.27. The summed E-state index contributed by atoms with van der Waals surface area (Å²) in [5, 5.41) is 0. The maximum atomic E-state index is 4.60. The molecule has 0 fully saturated rings. The molecule has 148 valence electrons. The van der Waals surface area contributed by atoms with Crippen LogP contribution in [0.5, 0.6) is 0 Å². The highest BCUT2D eigenvalue weighted by Gasteiger charge is 2.08. The molecule has 0 atom stereocenters. The average Bonchev–Trinajstić information content (AvgIpc) is 2.85. The van der Waals surface area contributed by atoms with E-state index in [-0.39, 0.29) is 0 Å². The first-order chi connectivity index (χ1) is 15.3. The summed E-state index contributed by atoms with van der Waals surface area (Å²) in [6.45, 7) is 0. The van der Waals surface area contributed by atoms with Crippen LogP contribution in [-0.4, -0.2) is 9.97 Å². The monoisotopic (exact) mass is 462 g/mol. The van der Waals surface area contributed by atoms with Gasteiger partial charge >= 0.3 is 0 Å². The summed E-state index contributed by atoms with van der Waals surface area (Å²) in [6.07, 6.45) is 0. The zero-order chi connectivity index (χ0) is 21.0. The lowest BCUT2D eigenvalue weighted by atomic mass is 10.0. The molecule has 0 N–H and O–H groups in total. The van der Waals surface area contributed by atoms with Gasteiger partial charge in [-0.2, -0.15) is 0 Å². The van der Waals surface area contributed by atoms with Crippen LogP contribution in [0.2, 0.25) is 0 Å². The zero-order valence-corrected chi connectivity index (χ0v) is 18.3. The molecule has 0 aliphatic heterocycles. The Morgan fingerprint density at radius 1 is 0.387 bits per heavy atom. The minimum absolute atomic E-state index is 0.583. The quantitative estimate of drug-likeness (QED) is 0.253. The Morgan fingerprint density at radius 3 is 1.10 bits per heavy atom. The van der Waals surface area contributed by atoms with E-state index in [0.29, 0.717) is 4.73 Å². The minimum atomic E-state index is 0.583. The summed E-state index contributed by atoms with van der Waals surface area (Å²) in [4.78, 5) is 9.21. The van der Waals surface area contributed by atoms with Crippen molar-refractivity contribution in [3.8, 4) is 44.8 Å². The predicted molar refractivity (Wildman–Crippen MR) is 131 cm³/mol. The van der Waals surface area contributed by atoms with Crippen LogP contribution in [0.1, 0.15) is 0 Å². The van der Waals surface area contributed by atoms with E-state index in [9.17, 15) is 0 Å². The smallest absolute Gasteiger partial charge is 0.197 e. The standard InChI is InChI=1S/C28H19BrN2/c29-28-30-26(24-15-11-22(12-16-24)20-7-3-1-4-8-20)19-27(31-28)25-17-13-23(14-18-25)21-9-5-2-6-10-21/h1-19H. The second kappa shape index (κ2) is 8.66. The van der Waals surface area contributed by atoms with Crippen molar-refractivity contribution in [1.29, 1.82) is 0 Å². The van der Waals surface area contributed by atoms with Crippen molar-refractivity contribution in [3.63, 3.8) is 0 Å². The Balaban J connectivity index is 1.45. The van der Waals surface area contributed by atoms with Gasteiger partial charge in [0.05, 0.1) is 11.4 Å². The fraction of sp³-hybridized carbons (Fsp3) is 0. The van der Waals surface area contributed by atoms with Crippen LogP contribution >= 0.6 is 15.9 Å². The maximum absolute atomic E-state index is 4.60. The minimum Gasteiger partial charge on any atom is -0.222 e. The molecule has 2 nitrogen and oxygen atoms in total. The molecule has 1 heterocycles. The van der Waals surface area contributed by atoms with Gasteiger partial charge in [0.1, 0.15) is 0 Å². The second-order valence-electron chi connectivity index (χ2n) is 7.29. The molecule has 0 aliphatic carbocycles. The van der Waals surface area contributed by atoms with Gasteiger partial charge in [-0.25, -0.2) is 9.97 Å². The molecule has 0 amide bonds. The summed E-state index contributed by atoms with van der Waals surface area (Å²) in [7, 11) is 0. The molecule has 0 saturated heterocycles. The average molecular weight is 463 g/mol. The van der Waals surface area contributed by atoms with Crippen LogP contribution in [0.15, 0.2) is 120 Å². The largest absolute Gasteiger partial charge is 0.222 e. The van der Waals surface area contributed by atoms with Crippen molar-refractivity contribution in [2.45, 2.75) is 0 Å². The first-order valence-corrected chi connectivity index (χ1v) is 10.9. The zero-order valence-electron chi connectivity index (χ0n) is 16.7. The topological polar surface area (TPSA) is 25.8 Å². The Labute approximate surface area is 190 Å². The molecule has 5 rings (SSSR count). The maximum Gasteiger partial charge on any atom is 0.197 e. The number of hydrogen-bond donors (Lipinski definition) is 0. The normalized spacial score (nSPS) is 10.7. The van der Waals surface area contributed by atoms with Crippen LogP contribution in [-0.2, 0) is 0 Å². The van der Waals surface area contributed by atoms with Gasteiger partial charge in [0.2, 0.25) is 0 Å². The molecule has 31 heavy (non-hydrogen) atoms. The molecule has 0 unspecified atom stereocenters. The highest BCUT2D eigenvalue weighted by Crippen LogP contribution is 2.29. The Kier molecular flexibility index (Phi) is 5.42. The number of rotatable bonds is 4. The van der Waals surface area contributed by atoms with E-state index in [1.54, 1.807) is 0 Å². The molecule has 0 aliphatic rings. The van der Waals surface area contributed by atoms with E-state index in [2.05, 4.69) is 123 Å². The van der Waals surface area contributed by atoms with Crippen LogP contribution in [0.25, 0.3) is 44.8 Å². The molecular formula is C28H19BrN2. The van der Waals surface area contributed by atoms with Crippen molar-refractivity contribution >= 4 is 15.9 Å². The van der Waals surface area contributed by atoms with Crippen molar-refractivity contribution in [1.82, 2.24) is 9.97 Å². The molecule has 4 aromatic carbocycles. The Hall–Kier alpha value is -3.56. The molecule has 0 radical (unpaired) electrons. The molecule has 0 bridgehead atoms. The number of aromatic nitrogens is 2. The molecule has 3 heteroatoms. The van der Waals surface area contributed by atoms with Gasteiger partial charge in [0.15, 0.2) is 4.73 Å². The predicted octanol–water partition coefficient (Wildman–Crippen LogP) is 7.91. The summed E-state index contributed by atoms with van der Waals surface area (Å²) < 4.78 is 0.583. The summed E-state index contributed by atoms with van der Waals surface area (Å²) in [5.41, 5.74) is 8.69. The van der Waals surface area contributed by atoms with Crippen LogP contribution in [0, 0.1) is 0 Å². The lowest BCUT2D eigenvalue weighted by Gasteiger charge is -2.08. The van der Waals surface area contributed by atoms with Gasteiger partial charge in [-0.1, -0.05) is 109 Å². The highest BCUT2D eigenvalue weighted by atomic mass is 79.9. The van der Waals surface area contributed by atoms with E-state index in [1.807, 2.05) is 18.2 Å². The number of hydrogen-bond acceptors (Lipinski definition) is 2. The van der Waals surface area contributed by atoms with Gasteiger partial charge in [0.25, 0.3) is 0 Å². The SMILES string of the molecule is Brc1nc(-c2ccc(-c3ccccc3)cc2)cc(-c2ccc(-c3ccccc3)cc2)n1. The molecular weight excluding hydrogens is 444 g/mol. The fourth-order valence-corrected chi connectivity index (χ4v) is 4.02. The molecule has 5 aromatic rings. The second-order valence-corrected chi connectivity index (χ2v) is 8.00. The first kappa shape index (κ1) is 19.4. The third-order valence-corrected chi connectivity index (χ3v) is 5.63. The van der Waals surface area contributed by atoms with Gasteiger partial charge in [-0.05, 0) is 44.3 Å². The van der Waals surface area contributed by atoms with E-state index >= 15 is 0 Å². The highest BCUT2D eigenvalue weighted by molar-refractivity contribution is 9.10. The third kappa shape index (κ3) is 4.32. The van der Waals surface area contributed by atoms with Gasteiger partial charge in [-0.3, -0.25) is 0 Å². The number of nitrogens with zero attached hydrogens (tertiary/aromatic N) is 2. The fourth-order valence-electron chi connectivity index (χ4n) is 3.64. The van der Waals surface area contributed by atoms with Gasteiger partial charge in [0, 0.05) is 11.1 Å². The molecule has 0 saturated carbocycles. The van der Waals surface area contributed by atoms with Crippen LogP contribution < -0.4 is 0 Å². The van der Waals surface area contributed by atoms with Crippen molar-refractivity contribution < 1.29 is 0 Å². The summed E-state index contributed by atoms with van der Waals surface area (Å²) in [6, 6.07) is 39.8. The Morgan fingerprint density at radius 2 is 0.710 bits per heavy atom. The van der Waals surface area contributed by atoms with Gasteiger partial charge < -0.3 is 0 Å². The first-order valence-electron chi connectivity index (χ1n) is 10.1. The summed E-state index contributed by atoms with van der Waals surface area (Å²) in [5.74, 6) is 0.